The molecule has 1 aromatic heterocycles. The number of para-hydroxylation sites is 2. The van der Waals surface area contributed by atoms with Gasteiger partial charge in [-0.15, -0.1) is 11.8 Å². The van der Waals surface area contributed by atoms with E-state index in [0.717, 1.165) is 24.9 Å². The van der Waals surface area contributed by atoms with Gasteiger partial charge in [0.05, 0.1) is 11.0 Å². The fourth-order valence-corrected chi connectivity index (χ4v) is 9.54. The first kappa shape index (κ1) is 43.8. The van der Waals surface area contributed by atoms with Gasteiger partial charge < -0.3 is 9.88 Å². The van der Waals surface area contributed by atoms with Crippen molar-refractivity contribution in [3.05, 3.63) is 252 Å². The van der Waals surface area contributed by atoms with Gasteiger partial charge in [-0.3, -0.25) is 0 Å². The molecule has 10 rings (SSSR count). The summed E-state index contributed by atoms with van der Waals surface area (Å²) in [4.78, 5) is 1.40. The monoisotopic (exact) mass is 850 g/mol. The fourth-order valence-electron chi connectivity index (χ4n) is 8.29. The topological polar surface area (TPSA) is 17.0 Å². The second kappa shape index (κ2) is 21.5. The van der Waals surface area contributed by atoms with Gasteiger partial charge in [-0.05, 0) is 126 Å². The smallest absolute Gasteiger partial charge is 0.0541 e. The van der Waals surface area contributed by atoms with Gasteiger partial charge in [0.2, 0.25) is 0 Å². The molecule has 1 unspecified atom stereocenters. The van der Waals surface area contributed by atoms with E-state index in [1.165, 1.54) is 89.1 Å². The largest absolute Gasteiger partial charge is 0.359 e. The molecule has 2 heterocycles. The molecule has 0 spiro atoms. The van der Waals surface area contributed by atoms with Crippen LogP contribution in [0.3, 0.4) is 0 Å². The molecule has 1 N–H and O–H groups in total. The predicted molar refractivity (Wildman–Crippen MR) is 281 cm³/mol. The number of allylic oxidation sites excluding steroid dienone is 9. The molecule has 0 bridgehead atoms. The quantitative estimate of drug-likeness (QED) is 0.146. The van der Waals surface area contributed by atoms with Crippen molar-refractivity contribution in [2.45, 2.75) is 58.6 Å². The summed E-state index contributed by atoms with van der Waals surface area (Å²) >= 11 is 1.98. The zero-order chi connectivity index (χ0) is 44.1. The van der Waals surface area contributed by atoms with E-state index in [2.05, 4.69) is 256 Å². The summed E-state index contributed by atoms with van der Waals surface area (Å²) in [6.45, 7) is 8.64. The molecular formula is C61H58N2S. The van der Waals surface area contributed by atoms with E-state index in [1.54, 1.807) is 0 Å². The number of hydrogen-bond donors (Lipinski definition) is 1. The minimum absolute atomic E-state index is 0.503. The van der Waals surface area contributed by atoms with Crippen LogP contribution in [0.25, 0.3) is 49.1 Å². The number of aromatic nitrogens is 1. The van der Waals surface area contributed by atoms with Gasteiger partial charge in [-0.2, -0.15) is 0 Å². The summed E-state index contributed by atoms with van der Waals surface area (Å²) in [5.41, 5.74) is 16.7. The number of rotatable bonds is 9. The number of hydrogen-bond acceptors (Lipinski definition) is 2. The summed E-state index contributed by atoms with van der Waals surface area (Å²) in [5, 5.41) is 6.72. The number of fused-ring (bicyclic) bond motifs is 3. The Hall–Kier alpha value is -6.81. The van der Waals surface area contributed by atoms with Crippen LogP contribution in [0, 0.1) is 0 Å². The zero-order valence-electron chi connectivity index (χ0n) is 37.5. The molecule has 0 fully saturated rings. The van der Waals surface area contributed by atoms with E-state index >= 15 is 0 Å². The molecule has 1 atom stereocenters. The molecule has 7 aromatic carbocycles. The minimum Gasteiger partial charge on any atom is -0.359 e. The lowest BCUT2D eigenvalue weighted by Crippen LogP contribution is -2.04. The predicted octanol–water partition coefficient (Wildman–Crippen LogP) is 17.8. The molecule has 1 aliphatic carbocycles. The SMILES string of the molecule is C/C(=C\C=C(/C)c1ccccc1)C1=CC=C(Nc2ccc(C3CC=C(c4ccccc4)S3)cc2)CC1.CCC.c1ccc(-c2ccc3c(c2)c2ccccc2n3-c2ccccc2)cc1. The molecule has 2 nitrogen and oxygen atoms in total. The van der Waals surface area contributed by atoms with Crippen LogP contribution in [0.5, 0.6) is 0 Å². The van der Waals surface area contributed by atoms with Crippen LogP contribution >= 0.6 is 11.8 Å². The van der Waals surface area contributed by atoms with Crippen LogP contribution in [-0.2, 0) is 0 Å². The van der Waals surface area contributed by atoms with Gasteiger partial charge in [0, 0.05) is 38.0 Å². The highest BCUT2D eigenvalue weighted by molar-refractivity contribution is 8.08. The Morgan fingerprint density at radius 2 is 1.17 bits per heavy atom. The van der Waals surface area contributed by atoms with Crippen LogP contribution < -0.4 is 5.32 Å². The maximum atomic E-state index is 3.63. The van der Waals surface area contributed by atoms with Gasteiger partial charge in [0.15, 0.2) is 0 Å². The van der Waals surface area contributed by atoms with Crippen molar-refractivity contribution in [1.82, 2.24) is 4.57 Å². The molecule has 0 amide bonds. The second-order valence-electron chi connectivity index (χ2n) is 16.5. The lowest BCUT2D eigenvalue weighted by atomic mass is 9.95. The molecule has 8 aromatic rings. The van der Waals surface area contributed by atoms with Crippen LogP contribution in [0.1, 0.15) is 75.3 Å². The Bertz CT molecular complexity index is 2930. The summed E-state index contributed by atoms with van der Waals surface area (Å²) < 4.78 is 2.35. The van der Waals surface area contributed by atoms with Gasteiger partial charge in [-0.1, -0.05) is 190 Å². The number of thioether (sulfide) groups is 1. The highest BCUT2D eigenvalue weighted by Crippen LogP contribution is 2.48. The molecule has 2 aliphatic rings. The van der Waals surface area contributed by atoms with Crippen molar-refractivity contribution >= 4 is 49.7 Å². The number of nitrogens with zero attached hydrogens (tertiary/aromatic N) is 1. The Balaban J connectivity index is 0.000000174. The molecule has 0 radical (unpaired) electrons. The van der Waals surface area contributed by atoms with Gasteiger partial charge in [-0.25, -0.2) is 0 Å². The lowest BCUT2D eigenvalue weighted by molar-refractivity contribution is 0.916. The average Bonchev–Trinajstić information content (AvgIpc) is 3.99. The van der Waals surface area contributed by atoms with Crippen LogP contribution in [-0.4, -0.2) is 4.57 Å². The van der Waals surface area contributed by atoms with E-state index in [-0.39, 0.29) is 0 Å². The first-order valence-corrected chi connectivity index (χ1v) is 23.6. The Morgan fingerprint density at radius 3 is 1.84 bits per heavy atom. The molecule has 1 aliphatic heterocycles. The highest BCUT2D eigenvalue weighted by atomic mass is 32.2. The van der Waals surface area contributed by atoms with Crippen molar-refractivity contribution < 1.29 is 0 Å². The van der Waals surface area contributed by atoms with Crippen LogP contribution in [0.4, 0.5) is 5.69 Å². The minimum atomic E-state index is 0.503. The number of anilines is 1. The lowest BCUT2D eigenvalue weighted by Gasteiger charge is -2.18. The van der Waals surface area contributed by atoms with Crippen molar-refractivity contribution in [3.63, 3.8) is 0 Å². The van der Waals surface area contributed by atoms with Crippen LogP contribution in [0.2, 0.25) is 0 Å². The van der Waals surface area contributed by atoms with Crippen molar-refractivity contribution in [3.8, 4) is 16.8 Å². The summed E-state index contributed by atoms with van der Waals surface area (Å²) in [6, 6.07) is 66.8. The molecule has 0 saturated carbocycles. The molecule has 64 heavy (non-hydrogen) atoms. The van der Waals surface area contributed by atoms with E-state index in [0.29, 0.717) is 5.25 Å². The molecule has 0 saturated heterocycles. The molecular weight excluding hydrogens is 793 g/mol. The number of benzene rings is 7. The van der Waals surface area contributed by atoms with Crippen molar-refractivity contribution in [2.75, 3.05) is 5.32 Å². The summed E-state index contributed by atoms with van der Waals surface area (Å²) in [6.07, 6.45) is 15.8. The second-order valence-corrected chi connectivity index (χ2v) is 17.7. The molecule has 318 valence electrons. The van der Waals surface area contributed by atoms with Gasteiger partial charge >= 0.3 is 0 Å². The zero-order valence-corrected chi connectivity index (χ0v) is 38.4. The summed E-state index contributed by atoms with van der Waals surface area (Å²) in [5.74, 6) is 0. The van der Waals surface area contributed by atoms with Gasteiger partial charge in [0.1, 0.15) is 0 Å². The first-order valence-electron chi connectivity index (χ1n) is 22.7. The molecule has 3 heteroatoms. The highest BCUT2D eigenvalue weighted by Gasteiger charge is 2.21. The Morgan fingerprint density at radius 1 is 0.578 bits per heavy atom. The Labute approximate surface area is 385 Å². The van der Waals surface area contributed by atoms with Crippen LogP contribution in [0.15, 0.2) is 235 Å². The average molecular weight is 851 g/mol. The maximum Gasteiger partial charge on any atom is 0.0541 e. The van der Waals surface area contributed by atoms with Crippen molar-refractivity contribution in [2.24, 2.45) is 0 Å². The number of nitrogens with one attached hydrogen (secondary N) is 1. The normalized spacial score (nSPS) is 15.0. The third kappa shape index (κ3) is 10.7. The third-order valence-corrected chi connectivity index (χ3v) is 13.1. The Kier molecular flexibility index (Phi) is 14.7. The fraction of sp³-hybridized carbons (Fsp3) is 0.148. The maximum absolute atomic E-state index is 3.63. The first-order chi connectivity index (χ1) is 31.5. The summed E-state index contributed by atoms with van der Waals surface area (Å²) in [7, 11) is 0. The van der Waals surface area contributed by atoms with E-state index in [4.69, 9.17) is 0 Å². The van der Waals surface area contributed by atoms with E-state index in [1.807, 2.05) is 11.8 Å². The third-order valence-electron chi connectivity index (χ3n) is 11.7. The van der Waals surface area contributed by atoms with E-state index in [9.17, 15) is 0 Å². The van der Waals surface area contributed by atoms with E-state index < -0.39 is 0 Å². The standard InChI is InChI=1S/C34H33NS.C24H17N.C3H8/c1-25(27-9-5-3-6-10-27)13-14-26(2)28-15-19-31(20-16-28)35-32-21-17-30(18-22-32)34-24-23-33(36-34)29-11-7-4-8-12-29;1-3-9-18(10-4-1)19-15-16-24-22(17-19)21-13-7-8-14-23(21)25(24)20-11-5-2-6-12-20;1-3-2/h3-15,17-19,21-23,34-35H,16,20,24H2,1-2H3;1-17H;3H2,1-2H3/b25-13+,26-14+;;. The van der Waals surface area contributed by atoms with Gasteiger partial charge in [0.25, 0.3) is 0 Å². The van der Waals surface area contributed by atoms with Crippen molar-refractivity contribution in [1.29, 1.82) is 0 Å².